The largest absolute Gasteiger partial charge is 0.451 e. The lowest BCUT2D eigenvalue weighted by Crippen LogP contribution is -2.12. The van der Waals surface area contributed by atoms with Gasteiger partial charge in [0.2, 0.25) is 5.82 Å². The van der Waals surface area contributed by atoms with Crippen molar-refractivity contribution in [2.75, 3.05) is 0 Å². The monoisotopic (exact) mass is 348 g/mol. The molecule has 2 nitrogen and oxygen atoms in total. The molecule has 0 aliphatic heterocycles. The van der Waals surface area contributed by atoms with E-state index in [2.05, 4.69) is 9.97 Å². The van der Waals surface area contributed by atoms with Gasteiger partial charge in [-0.3, -0.25) is 0 Å². The van der Waals surface area contributed by atoms with Crippen LogP contribution in [0.5, 0.6) is 0 Å². The van der Waals surface area contributed by atoms with Crippen LogP contribution in [0.15, 0.2) is 54.6 Å². The molecule has 1 heterocycles. The summed E-state index contributed by atoms with van der Waals surface area (Å²) in [6.45, 7) is 1.90. The van der Waals surface area contributed by atoms with E-state index in [1.54, 1.807) is 36.4 Å². The molecule has 0 N–H and O–H groups in total. The fourth-order valence-electron chi connectivity index (χ4n) is 2.34. The molecule has 2 aromatic carbocycles. The third-order valence-electron chi connectivity index (χ3n) is 3.51. The van der Waals surface area contributed by atoms with E-state index in [1.807, 2.05) is 25.1 Å². The third kappa shape index (κ3) is 3.26. The number of aromatic nitrogens is 2. The average Bonchev–Trinajstić information content (AvgIpc) is 2.55. The Morgan fingerprint density at radius 3 is 2.04 bits per heavy atom. The molecule has 1 aromatic heterocycles. The van der Waals surface area contributed by atoms with Gasteiger partial charge < -0.3 is 0 Å². The minimum absolute atomic E-state index is 0.161. The van der Waals surface area contributed by atoms with Crippen molar-refractivity contribution in [3.8, 4) is 22.4 Å². The number of rotatable bonds is 2. The molecule has 24 heavy (non-hydrogen) atoms. The molecule has 0 aliphatic rings. The van der Waals surface area contributed by atoms with Gasteiger partial charge in [-0.25, -0.2) is 9.97 Å². The van der Waals surface area contributed by atoms with Crippen molar-refractivity contribution in [1.29, 1.82) is 0 Å². The molecule has 3 rings (SSSR count). The molecule has 0 bridgehead atoms. The summed E-state index contributed by atoms with van der Waals surface area (Å²) in [6.07, 6.45) is -4.67. The minimum Gasteiger partial charge on any atom is -0.224 e. The van der Waals surface area contributed by atoms with Gasteiger partial charge in [0.1, 0.15) is 5.15 Å². The van der Waals surface area contributed by atoms with Crippen LogP contribution in [0.4, 0.5) is 13.2 Å². The number of halogens is 4. The predicted molar refractivity (Wildman–Crippen MR) is 87.7 cm³/mol. The maximum Gasteiger partial charge on any atom is 0.451 e. The summed E-state index contributed by atoms with van der Waals surface area (Å²) >= 11 is 6.11. The molecule has 0 aliphatic carbocycles. The van der Waals surface area contributed by atoms with E-state index >= 15 is 0 Å². The number of aryl methyl sites for hydroxylation is 1. The minimum atomic E-state index is -4.67. The fraction of sp³-hybridized carbons (Fsp3) is 0.111. The highest BCUT2D eigenvalue weighted by Crippen LogP contribution is 2.38. The molecule has 0 atom stereocenters. The summed E-state index contributed by atoms with van der Waals surface area (Å²) < 4.78 is 39.2. The molecule has 0 amide bonds. The molecular formula is C18H12ClF3N2. The zero-order valence-corrected chi connectivity index (χ0v) is 13.4. The lowest BCUT2D eigenvalue weighted by atomic mass is 10.00. The molecule has 0 radical (unpaired) electrons. The normalized spacial score (nSPS) is 11.5. The lowest BCUT2D eigenvalue weighted by Gasteiger charge is -2.14. The molecular weight excluding hydrogens is 337 g/mol. The van der Waals surface area contributed by atoms with Crippen molar-refractivity contribution in [2.24, 2.45) is 0 Å². The molecule has 0 unspecified atom stereocenters. The lowest BCUT2D eigenvalue weighted by molar-refractivity contribution is -0.144. The number of benzene rings is 2. The van der Waals surface area contributed by atoms with Gasteiger partial charge >= 0.3 is 6.18 Å². The Labute approximate surface area is 142 Å². The van der Waals surface area contributed by atoms with Crippen LogP contribution in [-0.4, -0.2) is 9.97 Å². The van der Waals surface area contributed by atoms with Crippen LogP contribution in [0.3, 0.4) is 0 Å². The van der Waals surface area contributed by atoms with Crippen LogP contribution >= 0.6 is 11.6 Å². The first-order valence-corrected chi connectivity index (χ1v) is 7.51. The number of alkyl halides is 3. The van der Waals surface area contributed by atoms with Gasteiger partial charge in [-0.1, -0.05) is 71.8 Å². The quantitative estimate of drug-likeness (QED) is 0.548. The molecule has 6 heteroatoms. The van der Waals surface area contributed by atoms with Gasteiger partial charge in [0, 0.05) is 11.1 Å². The Morgan fingerprint density at radius 2 is 1.46 bits per heavy atom. The van der Waals surface area contributed by atoms with E-state index in [0.717, 1.165) is 5.56 Å². The standard InChI is InChI=1S/C18H12ClF3N2/c1-11-7-9-13(10-8-11)15-14(12-5-3-2-4-6-12)16(19)24-17(23-15)18(20,21)22/h2-10H,1H3. The maximum atomic E-state index is 13.1. The van der Waals surface area contributed by atoms with Gasteiger partial charge in [0.15, 0.2) is 0 Å². The van der Waals surface area contributed by atoms with Gasteiger partial charge in [0.05, 0.1) is 5.69 Å². The van der Waals surface area contributed by atoms with Crippen molar-refractivity contribution < 1.29 is 13.2 Å². The highest BCUT2D eigenvalue weighted by molar-refractivity contribution is 6.32. The van der Waals surface area contributed by atoms with Gasteiger partial charge in [-0.2, -0.15) is 13.2 Å². The van der Waals surface area contributed by atoms with Crippen LogP contribution < -0.4 is 0 Å². The zero-order valence-electron chi connectivity index (χ0n) is 12.6. The summed E-state index contributed by atoms with van der Waals surface area (Å²) in [6, 6.07) is 16.0. The van der Waals surface area contributed by atoms with E-state index < -0.39 is 12.0 Å². The van der Waals surface area contributed by atoms with Crippen LogP contribution in [0.25, 0.3) is 22.4 Å². The molecule has 0 saturated heterocycles. The number of nitrogens with zero attached hydrogens (tertiary/aromatic N) is 2. The third-order valence-corrected chi connectivity index (χ3v) is 3.78. The van der Waals surface area contributed by atoms with Crippen molar-refractivity contribution in [3.05, 3.63) is 71.1 Å². The van der Waals surface area contributed by atoms with Crippen molar-refractivity contribution >= 4 is 11.6 Å². The Morgan fingerprint density at radius 1 is 0.833 bits per heavy atom. The second kappa shape index (κ2) is 6.24. The van der Waals surface area contributed by atoms with Crippen LogP contribution in [0, 0.1) is 6.92 Å². The molecule has 0 spiro atoms. The Balaban J connectivity index is 2.30. The van der Waals surface area contributed by atoms with E-state index in [-0.39, 0.29) is 10.8 Å². The topological polar surface area (TPSA) is 25.8 Å². The molecule has 0 saturated carbocycles. The highest BCUT2D eigenvalue weighted by Gasteiger charge is 2.36. The Kier molecular flexibility index (Phi) is 4.28. The van der Waals surface area contributed by atoms with Crippen LogP contribution in [0.1, 0.15) is 11.4 Å². The fourth-order valence-corrected chi connectivity index (χ4v) is 2.62. The van der Waals surface area contributed by atoms with Gasteiger partial charge in [0.25, 0.3) is 0 Å². The summed E-state index contributed by atoms with van der Waals surface area (Å²) in [5.74, 6) is -1.25. The number of hydrogen-bond donors (Lipinski definition) is 0. The van der Waals surface area contributed by atoms with E-state index in [0.29, 0.717) is 16.7 Å². The number of hydrogen-bond acceptors (Lipinski definition) is 2. The van der Waals surface area contributed by atoms with E-state index in [9.17, 15) is 13.2 Å². The Bertz CT molecular complexity index is 860. The van der Waals surface area contributed by atoms with Crippen molar-refractivity contribution in [3.63, 3.8) is 0 Å². The SMILES string of the molecule is Cc1ccc(-c2nc(C(F)(F)F)nc(Cl)c2-c2ccccc2)cc1. The van der Waals surface area contributed by atoms with Crippen LogP contribution in [0.2, 0.25) is 5.15 Å². The van der Waals surface area contributed by atoms with Crippen molar-refractivity contribution in [2.45, 2.75) is 13.1 Å². The highest BCUT2D eigenvalue weighted by atomic mass is 35.5. The summed E-state index contributed by atoms with van der Waals surface area (Å²) in [5, 5.41) is -0.223. The van der Waals surface area contributed by atoms with Crippen molar-refractivity contribution in [1.82, 2.24) is 9.97 Å². The van der Waals surface area contributed by atoms with Crippen LogP contribution in [-0.2, 0) is 6.18 Å². The van der Waals surface area contributed by atoms with Gasteiger partial charge in [-0.15, -0.1) is 0 Å². The summed E-state index contributed by atoms with van der Waals surface area (Å²) in [7, 11) is 0. The van der Waals surface area contributed by atoms with E-state index in [4.69, 9.17) is 11.6 Å². The first-order valence-electron chi connectivity index (χ1n) is 7.13. The first-order chi connectivity index (χ1) is 11.4. The average molecular weight is 349 g/mol. The summed E-state index contributed by atoms with van der Waals surface area (Å²) in [4.78, 5) is 7.21. The maximum absolute atomic E-state index is 13.1. The molecule has 122 valence electrons. The predicted octanol–water partition coefficient (Wildman–Crippen LogP) is 5.79. The molecule has 0 fully saturated rings. The Hall–Kier alpha value is -2.40. The zero-order chi connectivity index (χ0) is 17.3. The van der Waals surface area contributed by atoms with Gasteiger partial charge in [-0.05, 0) is 12.5 Å². The van der Waals surface area contributed by atoms with E-state index in [1.165, 1.54) is 0 Å². The summed E-state index contributed by atoms with van der Waals surface area (Å²) in [5.41, 5.74) is 2.75. The smallest absolute Gasteiger partial charge is 0.224 e. The second-order valence-electron chi connectivity index (χ2n) is 5.29. The molecule has 3 aromatic rings. The first kappa shape index (κ1) is 16.5. The second-order valence-corrected chi connectivity index (χ2v) is 5.65.